The van der Waals surface area contributed by atoms with Gasteiger partial charge in [-0.25, -0.2) is 4.98 Å². The third kappa shape index (κ3) is 3.54. The number of likely N-dealkylation sites (N-methyl/N-ethyl adjacent to an activating group) is 1. The van der Waals surface area contributed by atoms with Gasteiger partial charge in [0.15, 0.2) is 0 Å². The standard InChI is InChI=1S/C103H47N5O2/c1-8-29-23(2)35-20-39-30(24(3)34(105-39)19-36-26(5)32(17-18-40(109)110-7)100(106-36)33-16-15-31-25(4)37(107-99(31)33)21-38(29)104-35)14-11-27-9-12-28(13-10-27)101-103-97-91-85-75-63-55-47-43-41-42-45-49(47)57(63)67-61-53(45)54-46(42)50-48-44(41)52-51(43)59-65(55)73-79-69(59)70-60(52)66-56(48)64-58(50)68-62(54)72-71(61)83(77(67)85)93(97)94-84(72)78(68)86-76(64)82-74(66)80(70)88-87(79)95(89(91)81(73)75)102(103,22-108(101)6)96(88)90(82)92(86)98(94)103/h9-14,19-21,26,32,101,105,107H,8,15-18,22H2,1-7H3/b14-11+,34-19?,35-20?,36-19?,37-21?,38-21?,39-20?,100-33?/t26-,32-,101?,102?,103?/m0/s1. The van der Waals surface area contributed by atoms with Crippen LogP contribution >= 0.6 is 0 Å². The lowest BCUT2D eigenvalue weighted by molar-refractivity contribution is -0.140. The van der Waals surface area contributed by atoms with E-state index in [-0.39, 0.29) is 29.3 Å². The molecule has 8 aliphatic rings. The maximum atomic E-state index is 12.9. The summed E-state index contributed by atoms with van der Waals surface area (Å²) in [5, 5.41) is 88.9. The third-order valence-corrected chi connectivity index (χ3v) is 35.8. The zero-order valence-corrected chi connectivity index (χ0v) is 60.3. The zero-order valence-electron chi connectivity index (χ0n) is 60.3. The fraction of sp³-hybridized carbons (Fsp3) is 0.175. The number of carbonyl (C=O) groups is 1. The zero-order chi connectivity index (χ0) is 69.3. The number of aromatic nitrogens is 4. The summed E-state index contributed by atoms with van der Waals surface area (Å²) in [6, 6.07) is 17.2. The first kappa shape index (κ1) is 49.6. The minimum absolute atomic E-state index is 0.0401. The van der Waals surface area contributed by atoms with Gasteiger partial charge in [-0.2, -0.15) is 0 Å². The predicted octanol–water partition coefficient (Wildman–Crippen LogP) is 25.7. The topological polar surface area (TPSA) is 86.9 Å². The first-order valence-corrected chi connectivity index (χ1v) is 40.9. The Bertz CT molecular complexity index is 9940. The number of ether oxygens (including phenoxy) is 1. The van der Waals surface area contributed by atoms with Gasteiger partial charge in [0, 0.05) is 69.9 Å². The van der Waals surface area contributed by atoms with E-state index >= 15 is 0 Å². The number of esters is 1. The van der Waals surface area contributed by atoms with Gasteiger partial charge in [0.25, 0.3) is 0 Å². The van der Waals surface area contributed by atoms with Crippen molar-refractivity contribution in [2.45, 2.75) is 95.4 Å². The van der Waals surface area contributed by atoms with Crippen LogP contribution in [0.15, 0.2) is 42.5 Å². The summed E-state index contributed by atoms with van der Waals surface area (Å²) in [4.78, 5) is 35.0. The van der Waals surface area contributed by atoms with Crippen molar-refractivity contribution < 1.29 is 9.53 Å². The third-order valence-electron chi connectivity index (χ3n) is 35.8. The van der Waals surface area contributed by atoms with Crippen molar-refractivity contribution in [3.8, 4) is 0 Å². The minimum Gasteiger partial charge on any atom is -0.469 e. The van der Waals surface area contributed by atoms with Gasteiger partial charge in [-0.15, -0.1) is 0 Å². The lowest BCUT2D eigenvalue weighted by Crippen LogP contribution is -2.51. The van der Waals surface area contributed by atoms with Gasteiger partial charge in [0.1, 0.15) is 0 Å². The molecule has 29 aromatic carbocycles. The molecule has 3 aromatic heterocycles. The number of likely N-dealkylation sites (tertiary alicyclic amines) is 1. The molecule has 8 bridgehead atoms. The number of carbonyl (C=O) groups excluding carboxylic acids is 1. The van der Waals surface area contributed by atoms with Gasteiger partial charge in [-0.1, -0.05) is 50.3 Å². The number of methoxy groups -OCH3 is 1. The Morgan fingerprint density at radius 3 is 1.28 bits per heavy atom. The molecule has 3 atom stereocenters. The van der Waals surface area contributed by atoms with Crippen LogP contribution < -0.4 is 0 Å². The van der Waals surface area contributed by atoms with Crippen molar-refractivity contribution in [1.82, 2.24) is 24.8 Å². The van der Waals surface area contributed by atoms with E-state index in [1.54, 1.807) is 313 Å². The van der Waals surface area contributed by atoms with Crippen LogP contribution in [0, 0.1) is 13.8 Å². The molecule has 6 heterocycles. The quantitative estimate of drug-likeness (QED) is 0.123. The second-order valence-electron chi connectivity index (χ2n) is 38.0. The first-order valence-electron chi connectivity index (χ1n) is 40.9. The van der Waals surface area contributed by atoms with Crippen molar-refractivity contribution in [2.24, 2.45) is 0 Å². The summed E-state index contributed by atoms with van der Waals surface area (Å²) in [7, 11) is 4.09. The Morgan fingerprint density at radius 1 is 0.473 bits per heavy atom. The molecule has 1 saturated heterocycles. The number of rotatable bonds is 7. The Hall–Kier alpha value is -12.3. The number of benzene rings is 19. The van der Waals surface area contributed by atoms with E-state index in [2.05, 4.69) is 111 Å². The van der Waals surface area contributed by atoms with Crippen molar-refractivity contribution in [3.05, 3.63) is 126 Å². The fourth-order valence-electron chi connectivity index (χ4n) is 33.4. The van der Waals surface area contributed by atoms with E-state index in [0.717, 1.165) is 70.7 Å². The van der Waals surface area contributed by atoms with E-state index in [1.807, 2.05) is 0 Å². The second kappa shape index (κ2) is 13.1. The normalized spacial score (nSPS) is 22.0. The Morgan fingerprint density at radius 2 is 0.864 bits per heavy atom. The van der Waals surface area contributed by atoms with Crippen molar-refractivity contribution >= 4 is 342 Å². The van der Waals surface area contributed by atoms with Crippen LogP contribution in [0.3, 0.4) is 0 Å². The van der Waals surface area contributed by atoms with Crippen molar-refractivity contribution in [1.29, 1.82) is 0 Å². The van der Waals surface area contributed by atoms with E-state index < -0.39 is 5.41 Å². The van der Waals surface area contributed by atoms with Gasteiger partial charge < -0.3 is 14.7 Å². The fourth-order valence-corrected chi connectivity index (χ4v) is 33.4. The van der Waals surface area contributed by atoms with Crippen molar-refractivity contribution in [2.75, 3.05) is 20.7 Å². The number of hydrogen-bond donors (Lipinski definition) is 2. The summed E-state index contributed by atoms with van der Waals surface area (Å²) >= 11 is 0. The van der Waals surface area contributed by atoms with E-state index in [9.17, 15) is 4.79 Å². The van der Waals surface area contributed by atoms with Gasteiger partial charge in [-0.3, -0.25) is 14.7 Å². The highest BCUT2D eigenvalue weighted by Crippen LogP contribution is 2.87. The number of nitrogens with one attached hydrogen (secondary N) is 2. The number of fused-ring (bicyclic) bond motifs is 8. The predicted molar refractivity (Wildman–Crippen MR) is 458 cm³/mol. The number of hydrogen-bond acceptors (Lipinski definition) is 5. The molecular weight excluding hydrogens is 1340 g/mol. The number of allylic oxidation sites excluding steroid dienone is 2. The van der Waals surface area contributed by atoms with Gasteiger partial charge in [0.05, 0.1) is 29.3 Å². The van der Waals surface area contributed by atoms with Gasteiger partial charge in [0.2, 0.25) is 0 Å². The van der Waals surface area contributed by atoms with Crippen LogP contribution in [0.2, 0.25) is 0 Å². The maximum Gasteiger partial charge on any atom is 0.305 e. The van der Waals surface area contributed by atoms with Crippen LogP contribution in [-0.2, 0) is 33.2 Å². The molecule has 7 heteroatoms. The molecule has 0 saturated carbocycles. The SMILES string of the molecule is CCC1=C(C)c2cc3[nH]c(cc4nc(c5c6[nH]c(cc1n2)c(C)c6CC5)[C@@H](CCC(=O)OC)[C@@H]4C)c(C)c3/C=C/c1ccc(C2N(C)CC34c5c6c7c8c9c%10c(c%11c%12c3c3c5c5c%13c6c6c7c7c9c9c%14c%10c%10c%11c%11c%12c%12c3c3c5c5c%13c%13c6c6c7c9c7c9c%14c%10c%10c%11c%11c%12c3c3c5c5c%13c6c7c6c9c%10c%11c3c56)C824)cc1. The molecule has 32 aromatic rings. The average molecular weight is 1390 g/mol. The molecule has 3 aliphatic heterocycles. The van der Waals surface area contributed by atoms with Crippen LogP contribution in [0.25, 0.3) is 336 Å². The summed E-state index contributed by atoms with van der Waals surface area (Å²) < 4.78 is 5.27. The maximum absolute atomic E-state index is 12.9. The summed E-state index contributed by atoms with van der Waals surface area (Å²) in [6.07, 6.45) is 8.59. The Labute approximate surface area is 615 Å². The summed E-state index contributed by atoms with van der Waals surface area (Å²) in [5.41, 5.74) is 26.2. The number of nitrogens with zero attached hydrogens (tertiary/aromatic N) is 3. The molecule has 2 spiro atoms. The lowest BCUT2D eigenvalue weighted by Gasteiger charge is -2.52. The van der Waals surface area contributed by atoms with Crippen molar-refractivity contribution in [3.63, 3.8) is 0 Å². The van der Waals surface area contributed by atoms with Crippen LogP contribution in [0.1, 0.15) is 142 Å². The molecule has 40 rings (SSSR count). The van der Waals surface area contributed by atoms with Crippen LogP contribution in [0.4, 0.5) is 0 Å². The molecule has 2 N–H and O–H groups in total. The summed E-state index contributed by atoms with van der Waals surface area (Å²) in [5.74, 6) is -0.00385. The number of aryl methyl sites for hydroxylation is 4. The lowest BCUT2D eigenvalue weighted by atomic mass is 9.47. The largest absolute Gasteiger partial charge is 0.469 e. The van der Waals surface area contributed by atoms with Gasteiger partial charge >= 0.3 is 5.97 Å². The highest BCUT2D eigenvalue weighted by molar-refractivity contribution is 6.82. The molecule has 110 heavy (non-hydrogen) atoms. The van der Waals surface area contributed by atoms with Crippen LogP contribution in [0.5, 0.6) is 0 Å². The molecule has 0 amide bonds. The molecule has 496 valence electrons. The molecule has 1 unspecified atom stereocenters. The smallest absolute Gasteiger partial charge is 0.305 e. The highest BCUT2D eigenvalue weighted by Gasteiger charge is 2.76. The molecular formula is C103H47N5O2. The molecule has 7 nitrogen and oxygen atoms in total. The van der Waals surface area contributed by atoms with E-state index in [4.69, 9.17) is 14.7 Å². The van der Waals surface area contributed by atoms with Crippen LogP contribution in [-0.4, -0.2) is 51.5 Å². The molecule has 0 radical (unpaired) electrons. The molecule has 1 fully saturated rings. The summed E-state index contributed by atoms with van der Waals surface area (Å²) in [6.45, 7) is 12.4. The monoisotopic (exact) mass is 1390 g/mol. The Balaban J connectivity index is 0.641. The highest BCUT2D eigenvalue weighted by atomic mass is 16.5. The molecule has 5 aliphatic carbocycles. The van der Waals surface area contributed by atoms with E-state index in [0.29, 0.717) is 12.8 Å². The minimum atomic E-state index is -0.437. The second-order valence-corrected chi connectivity index (χ2v) is 38.0. The average Bonchev–Trinajstić information content (AvgIpc) is 1.38. The number of aromatic amines is 2. The Kier molecular flexibility index (Phi) is 5.92. The van der Waals surface area contributed by atoms with Gasteiger partial charge in [-0.05, 0) is 429 Å². The number of H-pyrrole nitrogens is 2. The van der Waals surface area contributed by atoms with E-state index in [1.165, 1.54) is 57.2 Å². The first-order chi connectivity index (χ1) is 54.1.